The summed E-state index contributed by atoms with van der Waals surface area (Å²) in [5.74, 6) is 0.399. The van der Waals surface area contributed by atoms with Crippen LogP contribution in [0.2, 0.25) is 0 Å². The number of urea groups is 1. The van der Waals surface area contributed by atoms with Gasteiger partial charge in [-0.15, -0.1) is 0 Å². The van der Waals surface area contributed by atoms with E-state index in [2.05, 4.69) is 47.1 Å². The minimum atomic E-state index is -0.513. The highest BCUT2D eigenvalue weighted by atomic mass is 16.5. The van der Waals surface area contributed by atoms with Crippen LogP contribution in [0.3, 0.4) is 0 Å². The van der Waals surface area contributed by atoms with E-state index >= 15 is 0 Å². The molecular formula is C33H31N5O3. The molecule has 0 spiro atoms. The number of fused-ring (bicyclic) bond motifs is 3. The van der Waals surface area contributed by atoms with Crippen LogP contribution in [0.5, 0.6) is 0 Å². The summed E-state index contributed by atoms with van der Waals surface area (Å²) < 4.78 is 9.08. The third-order valence-corrected chi connectivity index (χ3v) is 7.53. The predicted molar refractivity (Wildman–Crippen MR) is 158 cm³/mol. The first-order valence-corrected chi connectivity index (χ1v) is 13.7. The maximum Gasteiger partial charge on any atom is 0.339 e. The number of aromatic nitrogens is 3. The van der Waals surface area contributed by atoms with Gasteiger partial charge < -0.3 is 19.5 Å². The van der Waals surface area contributed by atoms with E-state index in [0.717, 1.165) is 39.6 Å². The standard InChI is InChI=1S/C33H31N5O3/c1-4-27-26-21-37(33(40)34-28-14-9-8-13-25(28)32(39)41-3)30(23-18-16-22(2)17-19-23)29-15-10-20-36(29)31(26)38(35-27)24-11-6-5-7-12-24/h5-20,30H,4,21H2,1-3H3,(H,34,40). The second-order valence-corrected chi connectivity index (χ2v) is 10.1. The van der Waals surface area contributed by atoms with Gasteiger partial charge in [-0.2, -0.15) is 5.10 Å². The van der Waals surface area contributed by atoms with Gasteiger partial charge in [0.25, 0.3) is 0 Å². The van der Waals surface area contributed by atoms with Gasteiger partial charge >= 0.3 is 12.0 Å². The Kier molecular flexibility index (Phi) is 6.89. The molecule has 0 saturated heterocycles. The molecule has 0 radical (unpaired) electrons. The Labute approximate surface area is 238 Å². The van der Waals surface area contributed by atoms with Crippen molar-refractivity contribution in [2.75, 3.05) is 12.4 Å². The molecule has 1 N–H and O–H groups in total. The largest absolute Gasteiger partial charge is 0.465 e. The van der Waals surface area contributed by atoms with Crippen molar-refractivity contribution in [3.05, 3.63) is 131 Å². The Bertz CT molecular complexity index is 1720. The average Bonchev–Trinajstić information content (AvgIpc) is 3.59. The van der Waals surface area contributed by atoms with Crippen LogP contribution in [0.15, 0.2) is 97.2 Å². The molecule has 41 heavy (non-hydrogen) atoms. The third-order valence-electron chi connectivity index (χ3n) is 7.53. The number of carbonyl (C=O) groups excluding carboxylic acids is 2. The van der Waals surface area contributed by atoms with Crippen molar-refractivity contribution in [1.82, 2.24) is 19.2 Å². The van der Waals surface area contributed by atoms with E-state index in [0.29, 0.717) is 24.2 Å². The quantitative estimate of drug-likeness (QED) is 0.257. The number of nitrogens with one attached hydrogen (secondary N) is 1. The summed E-state index contributed by atoms with van der Waals surface area (Å²) in [5, 5.41) is 8.03. The molecule has 2 amide bonds. The van der Waals surface area contributed by atoms with Crippen LogP contribution in [0.25, 0.3) is 11.5 Å². The molecule has 1 aliphatic heterocycles. The number of amides is 2. The number of aryl methyl sites for hydroxylation is 2. The fourth-order valence-corrected chi connectivity index (χ4v) is 5.51. The van der Waals surface area contributed by atoms with Crippen LogP contribution >= 0.6 is 0 Å². The van der Waals surface area contributed by atoms with Crippen LogP contribution in [-0.2, 0) is 17.7 Å². The van der Waals surface area contributed by atoms with Crippen molar-refractivity contribution < 1.29 is 14.3 Å². The molecule has 3 aromatic carbocycles. The summed E-state index contributed by atoms with van der Waals surface area (Å²) in [6.07, 6.45) is 2.73. The molecule has 1 unspecified atom stereocenters. The number of benzene rings is 3. The Hall–Kier alpha value is -5.11. The number of rotatable bonds is 5. The molecule has 3 heterocycles. The lowest BCUT2D eigenvalue weighted by molar-refractivity contribution is 0.0602. The Balaban J connectivity index is 1.53. The molecule has 0 aliphatic carbocycles. The number of ether oxygens (including phenoxy) is 1. The van der Waals surface area contributed by atoms with E-state index in [1.165, 1.54) is 7.11 Å². The lowest BCUT2D eigenvalue weighted by Crippen LogP contribution is -2.38. The van der Waals surface area contributed by atoms with Gasteiger partial charge in [-0.25, -0.2) is 14.3 Å². The molecule has 2 aromatic heterocycles. The monoisotopic (exact) mass is 545 g/mol. The molecule has 1 atom stereocenters. The topological polar surface area (TPSA) is 81.4 Å². The van der Waals surface area contributed by atoms with Crippen LogP contribution in [-0.4, -0.2) is 38.4 Å². The van der Waals surface area contributed by atoms with Gasteiger partial charge in [0.05, 0.1) is 48.0 Å². The number of hydrogen-bond acceptors (Lipinski definition) is 4. The molecule has 206 valence electrons. The number of nitrogens with zero attached hydrogens (tertiary/aromatic N) is 4. The molecule has 0 saturated carbocycles. The van der Waals surface area contributed by atoms with Crippen LogP contribution in [0, 0.1) is 6.92 Å². The SMILES string of the molecule is CCc1nn(-c2ccccc2)c2c1CN(C(=O)Nc1ccccc1C(=O)OC)C(c1ccc(C)cc1)c1cccn1-2. The predicted octanol–water partition coefficient (Wildman–Crippen LogP) is 6.46. The molecule has 0 fully saturated rings. The highest BCUT2D eigenvalue weighted by Gasteiger charge is 2.36. The van der Waals surface area contributed by atoms with Gasteiger partial charge in [-0.3, -0.25) is 0 Å². The molecule has 0 bridgehead atoms. The first kappa shape index (κ1) is 26.1. The van der Waals surface area contributed by atoms with E-state index in [4.69, 9.17) is 9.84 Å². The first-order valence-electron chi connectivity index (χ1n) is 13.7. The first-order chi connectivity index (χ1) is 20.0. The van der Waals surface area contributed by atoms with E-state index in [1.807, 2.05) is 59.1 Å². The maximum absolute atomic E-state index is 14.3. The van der Waals surface area contributed by atoms with Crippen molar-refractivity contribution in [3.63, 3.8) is 0 Å². The Morgan fingerprint density at radius 3 is 2.41 bits per heavy atom. The smallest absolute Gasteiger partial charge is 0.339 e. The Morgan fingerprint density at radius 2 is 1.68 bits per heavy atom. The normalized spacial score (nSPS) is 14.1. The minimum absolute atomic E-state index is 0.292. The van der Waals surface area contributed by atoms with Crippen LogP contribution in [0.1, 0.15) is 51.4 Å². The second kappa shape index (κ2) is 10.8. The number of hydrogen-bond donors (Lipinski definition) is 1. The average molecular weight is 546 g/mol. The Morgan fingerprint density at radius 1 is 0.951 bits per heavy atom. The fourth-order valence-electron chi connectivity index (χ4n) is 5.51. The highest BCUT2D eigenvalue weighted by molar-refractivity contribution is 6.01. The molecular weight excluding hydrogens is 514 g/mol. The van der Waals surface area contributed by atoms with Gasteiger partial charge in [-0.05, 0) is 55.3 Å². The second-order valence-electron chi connectivity index (χ2n) is 10.1. The van der Waals surface area contributed by atoms with E-state index in [1.54, 1.807) is 24.3 Å². The summed E-state index contributed by atoms with van der Waals surface area (Å²) in [6, 6.07) is 28.5. The molecule has 1 aliphatic rings. The fraction of sp³-hybridized carbons (Fsp3) is 0.182. The van der Waals surface area contributed by atoms with Gasteiger partial charge in [0, 0.05) is 11.8 Å². The zero-order valence-electron chi connectivity index (χ0n) is 23.2. The molecule has 5 aromatic rings. The van der Waals surface area contributed by atoms with E-state index in [-0.39, 0.29) is 6.03 Å². The van der Waals surface area contributed by atoms with Crippen LogP contribution < -0.4 is 5.32 Å². The molecule has 6 rings (SSSR count). The van der Waals surface area contributed by atoms with E-state index in [9.17, 15) is 9.59 Å². The maximum atomic E-state index is 14.3. The number of methoxy groups -OCH3 is 1. The number of esters is 1. The van der Waals surface area contributed by atoms with Crippen molar-refractivity contribution in [1.29, 1.82) is 0 Å². The minimum Gasteiger partial charge on any atom is -0.465 e. The third kappa shape index (κ3) is 4.67. The zero-order valence-corrected chi connectivity index (χ0v) is 23.2. The number of carbonyl (C=O) groups is 2. The van der Waals surface area contributed by atoms with Crippen molar-refractivity contribution in [2.45, 2.75) is 32.9 Å². The summed E-state index contributed by atoms with van der Waals surface area (Å²) in [5.41, 5.74) is 6.57. The van der Waals surface area contributed by atoms with E-state index < -0.39 is 12.0 Å². The summed E-state index contributed by atoms with van der Waals surface area (Å²) in [6.45, 7) is 4.44. The van der Waals surface area contributed by atoms with Crippen LogP contribution in [0.4, 0.5) is 10.5 Å². The van der Waals surface area contributed by atoms with Gasteiger partial charge in [-0.1, -0.05) is 67.1 Å². The van der Waals surface area contributed by atoms with Crippen molar-refractivity contribution in [3.8, 4) is 11.5 Å². The summed E-state index contributed by atoms with van der Waals surface area (Å²) in [7, 11) is 1.33. The molecule has 8 nitrogen and oxygen atoms in total. The lowest BCUT2D eigenvalue weighted by Gasteiger charge is -2.31. The van der Waals surface area contributed by atoms with Crippen molar-refractivity contribution in [2.24, 2.45) is 0 Å². The summed E-state index contributed by atoms with van der Waals surface area (Å²) in [4.78, 5) is 28.6. The zero-order chi connectivity index (χ0) is 28.5. The lowest BCUT2D eigenvalue weighted by atomic mass is 10.0. The molecule has 8 heteroatoms. The highest BCUT2D eigenvalue weighted by Crippen LogP contribution is 2.39. The van der Waals surface area contributed by atoms with Gasteiger partial charge in [0.2, 0.25) is 0 Å². The summed E-state index contributed by atoms with van der Waals surface area (Å²) >= 11 is 0. The van der Waals surface area contributed by atoms with Gasteiger partial charge in [0.15, 0.2) is 0 Å². The number of para-hydroxylation sites is 2. The van der Waals surface area contributed by atoms with Gasteiger partial charge in [0.1, 0.15) is 5.82 Å². The number of anilines is 1. The van der Waals surface area contributed by atoms with Crippen molar-refractivity contribution >= 4 is 17.7 Å².